The maximum Gasteiger partial charge on any atom is 0.300 e. The van der Waals surface area contributed by atoms with Gasteiger partial charge in [0.2, 0.25) is 0 Å². The molecule has 1 fully saturated rings. The molecule has 32 heavy (non-hydrogen) atoms. The first kappa shape index (κ1) is 21.4. The third-order valence-corrected chi connectivity index (χ3v) is 5.15. The number of anilines is 1. The quantitative estimate of drug-likeness (QED) is 0.341. The molecule has 1 N–H and O–H groups in total. The van der Waals surface area contributed by atoms with E-state index in [0.29, 0.717) is 11.3 Å². The van der Waals surface area contributed by atoms with Gasteiger partial charge in [-0.05, 0) is 74.9 Å². The average molecular weight is 435 g/mol. The minimum Gasteiger partial charge on any atom is -0.507 e. The van der Waals surface area contributed by atoms with Crippen LogP contribution in [0.2, 0.25) is 0 Å². The van der Waals surface area contributed by atoms with Crippen molar-refractivity contribution in [1.29, 1.82) is 0 Å². The summed E-state index contributed by atoms with van der Waals surface area (Å²) in [5.41, 5.74) is 1.17. The van der Waals surface area contributed by atoms with Crippen molar-refractivity contribution in [3.8, 4) is 5.75 Å². The monoisotopic (exact) mass is 435 g/mol. The van der Waals surface area contributed by atoms with Crippen LogP contribution in [0, 0.1) is 12.7 Å². The number of hydrogen-bond donors (Lipinski definition) is 1. The summed E-state index contributed by atoms with van der Waals surface area (Å²) in [6.07, 6.45) is 1.38. The largest absolute Gasteiger partial charge is 0.507 e. The van der Waals surface area contributed by atoms with Crippen LogP contribution in [0.25, 0.3) is 5.76 Å². The molecule has 0 spiro atoms. The van der Waals surface area contributed by atoms with Gasteiger partial charge in [0, 0.05) is 11.3 Å². The van der Waals surface area contributed by atoms with Gasteiger partial charge in [0.25, 0.3) is 11.7 Å². The van der Waals surface area contributed by atoms with Crippen molar-refractivity contribution in [3.05, 3.63) is 89.1 Å². The van der Waals surface area contributed by atoms with Crippen LogP contribution in [-0.2, 0) is 9.59 Å². The lowest BCUT2D eigenvalue weighted by atomic mass is 9.98. The van der Waals surface area contributed by atoms with E-state index in [2.05, 4.69) is 0 Å². The highest BCUT2D eigenvalue weighted by atomic mass is 19.1. The second-order valence-electron chi connectivity index (χ2n) is 7.81. The number of furan rings is 1. The van der Waals surface area contributed by atoms with E-state index < -0.39 is 23.5 Å². The number of rotatable bonds is 5. The van der Waals surface area contributed by atoms with E-state index in [1.165, 1.54) is 24.5 Å². The van der Waals surface area contributed by atoms with Crippen LogP contribution in [-0.4, -0.2) is 22.9 Å². The normalized spacial score (nSPS) is 17.9. The number of ether oxygens (including phenoxy) is 1. The van der Waals surface area contributed by atoms with Gasteiger partial charge < -0.3 is 14.3 Å². The molecule has 3 aromatic rings. The Morgan fingerprint density at radius 3 is 2.53 bits per heavy atom. The number of halogens is 1. The number of aryl methyl sites for hydroxylation is 1. The summed E-state index contributed by atoms with van der Waals surface area (Å²) in [6.45, 7) is 5.64. The zero-order valence-electron chi connectivity index (χ0n) is 17.8. The highest BCUT2D eigenvalue weighted by Gasteiger charge is 2.48. The third kappa shape index (κ3) is 3.77. The second-order valence-corrected chi connectivity index (χ2v) is 7.81. The van der Waals surface area contributed by atoms with E-state index in [0.717, 1.165) is 16.5 Å². The number of hydrogen-bond acceptors (Lipinski definition) is 5. The summed E-state index contributed by atoms with van der Waals surface area (Å²) in [4.78, 5) is 27.1. The van der Waals surface area contributed by atoms with Gasteiger partial charge in [0.05, 0.1) is 17.9 Å². The molecular formula is C25H22FNO5. The molecule has 1 atom stereocenters. The minimum atomic E-state index is -1.04. The first-order chi connectivity index (χ1) is 15.3. The first-order valence-electron chi connectivity index (χ1n) is 10.2. The fourth-order valence-electron chi connectivity index (χ4n) is 3.78. The summed E-state index contributed by atoms with van der Waals surface area (Å²) in [5, 5.41) is 11.1. The molecule has 2 heterocycles. The number of carbonyl (C=O) groups excluding carboxylic acids is 2. The van der Waals surface area contributed by atoms with Crippen LogP contribution in [0.15, 0.2) is 70.9 Å². The zero-order valence-corrected chi connectivity index (χ0v) is 17.8. The van der Waals surface area contributed by atoms with E-state index >= 15 is 0 Å². The van der Waals surface area contributed by atoms with Crippen molar-refractivity contribution < 1.29 is 28.2 Å². The van der Waals surface area contributed by atoms with Crippen molar-refractivity contribution in [3.63, 3.8) is 0 Å². The van der Waals surface area contributed by atoms with Gasteiger partial charge in [-0.3, -0.25) is 14.5 Å². The molecule has 0 saturated carbocycles. The molecule has 1 aromatic heterocycles. The number of carbonyl (C=O) groups is 2. The van der Waals surface area contributed by atoms with Gasteiger partial charge in [0.1, 0.15) is 29.1 Å². The van der Waals surface area contributed by atoms with Crippen molar-refractivity contribution in [2.75, 3.05) is 4.90 Å². The molecule has 1 aliphatic rings. The van der Waals surface area contributed by atoms with E-state index in [1.807, 2.05) is 20.8 Å². The van der Waals surface area contributed by atoms with Gasteiger partial charge in [-0.2, -0.15) is 0 Å². The van der Waals surface area contributed by atoms with Crippen molar-refractivity contribution in [2.24, 2.45) is 0 Å². The van der Waals surface area contributed by atoms with Crippen LogP contribution >= 0.6 is 0 Å². The smallest absolute Gasteiger partial charge is 0.300 e. The lowest BCUT2D eigenvalue weighted by Gasteiger charge is -2.23. The van der Waals surface area contributed by atoms with E-state index in [-0.39, 0.29) is 28.9 Å². The topological polar surface area (TPSA) is 80.0 Å². The molecule has 6 nitrogen and oxygen atoms in total. The van der Waals surface area contributed by atoms with Crippen molar-refractivity contribution >= 4 is 23.1 Å². The van der Waals surface area contributed by atoms with Crippen LogP contribution in [0.5, 0.6) is 5.75 Å². The lowest BCUT2D eigenvalue weighted by Crippen LogP contribution is -2.29. The lowest BCUT2D eigenvalue weighted by molar-refractivity contribution is -0.132. The Labute approximate surface area is 184 Å². The molecule has 1 aliphatic heterocycles. The summed E-state index contributed by atoms with van der Waals surface area (Å²) in [5.74, 6) is -1.74. The van der Waals surface area contributed by atoms with E-state index in [9.17, 15) is 19.1 Å². The van der Waals surface area contributed by atoms with Gasteiger partial charge in [0.15, 0.2) is 0 Å². The van der Waals surface area contributed by atoms with E-state index in [1.54, 1.807) is 30.3 Å². The summed E-state index contributed by atoms with van der Waals surface area (Å²) < 4.78 is 25.1. The molecule has 0 bridgehead atoms. The summed E-state index contributed by atoms with van der Waals surface area (Å²) in [7, 11) is 0. The van der Waals surface area contributed by atoms with Crippen LogP contribution in [0.1, 0.15) is 36.8 Å². The number of amides is 1. The minimum absolute atomic E-state index is 0.0244. The van der Waals surface area contributed by atoms with Crippen molar-refractivity contribution in [1.82, 2.24) is 0 Å². The van der Waals surface area contributed by atoms with Crippen LogP contribution < -0.4 is 9.64 Å². The van der Waals surface area contributed by atoms with Gasteiger partial charge in [-0.15, -0.1) is 0 Å². The first-order valence-corrected chi connectivity index (χ1v) is 10.2. The molecule has 1 saturated heterocycles. The van der Waals surface area contributed by atoms with Gasteiger partial charge in [-0.1, -0.05) is 6.07 Å². The SMILES string of the molecule is Cc1cc(/C(O)=C2/C(=O)C(=O)N(c3cccc(F)c3)C2c2ccco2)ccc1OC(C)C. The molecule has 0 aliphatic carbocycles. The van der Waals surface area contributed by atoms with Gasteiger partial charge >= 0.3 is 0 Å². The number of aliphatic hydroxyl groups is 1. The molecule has 7 heteroatoms. The Bertz CT molecular complexity index is 1210. The second kappa shape index (κ2) is 8.34. The highest BCUT2D eigenvalue weighted by molar-refractivity contribution is 6.51. The standard InChI is InChI=1S/C25H22FNO5/c1-14(2)32-19-10-9-16(12-15(19)3)23(28)21-22(20-8-5-11-31-20)27(25(30)24(21)29)18-7-4-6-17(26)13-18/h4-14,22,28H,1-3H3/b23-21-. The fourth-order valence-corrected chi connectivity index (χ4v) is 3.78. The Balaban J connectivity index is 1.86. The molecule has 2 aromatic carbocycles. The fraction of sp³-hybridized carbons (Fsp3) is 0.200. The number of ketones is 1. The maximum absolute atomic E-state index is 13.9. The Morgan fingerprint density at radius 2 is 1.91 bits per heavy atom. The number of Topliss-reactive ketones (excluding diaryl/α,β-unsaturated/α-hetero) is 1. The maximum atomic E-state index is 13.9. The molecule has 1 amide bonds. The third-order valence-electron chi connectivity index (χ3n) is 5.15. The predicted molar refractivity (Wildman–Crippen MR) is 117 cm³/mol. The Morgan fingerprint density at radius 1 is 1.12 bits per heavy atom. The molecule has 1 unspecified atom stereocenters. The Kier molecular flexibility index (Phi) is 5.57. The number of nitrogens with zero attached hydrogens (tertiary/aromatic N) is 1. The molecule has 0 radical (unpaired) electrons. The summed E-state index contributed by atoms with van der Waals surface area (Å²) in [6, 6.07) is 12.5. The van der Waals surface area contributed by atoms with Gasteiger partial charge in [-0.25, -0.2) is 4.39 Å². The summed E-state index contributed by atoms with van der Waals surface area (Å²) >= 11 is 0. The van der Waals surface area contributed by atoms with Crippen LogP contribution in [0.4, 0.5) is 10.1 Å². The molecule has 164 valence electrons. The van der Waals surface area contributed by atoms with Crippen LogP contribution in [0.3, 0.4) is 0 Å². The van der Waals surface area contributed by atoms with Crippen molar-refractivity contribution in [2.45, 2.75) is 32.9 Å². The van der Waals surface area contributed by atoms with E-state index in [4.69, 9.17) is 9.15 Å². The zero-order chi connectivity index (χ0) is 23.0. The average Bonchev–Trinajstić information content (AvgIpc) is 3.36. The molecular weight excluding hydrogens is 413 g/mol. The predicted octanol–water partition coefficient (Wildman–Crippen LogP) is 5.14. The number of benzene rings is 2. The highest BCUT2D eigenvalue weighted by Crippen LogP contribution is 2.42. The molecule has 4 rings (SSSR count). The number of aliphatic hydroxyl groups excluding tert-OH is 1. The Hall–Kier alpha value is -3.87.